The zero-order valence-corrected chi connectivity index (χ0v) is 10.5. The Balaban J connectivity index is 1.74. The lowest BCUT2D eigenvalue weighted by atomic mass is 10.1. The number of rotatable bonds is 5. The molecule has 1 saturated heterocycles. The van der Waals surface area contributed by atoms with Gasteiger partial charge in [0.25, 0.3) is 0 Å². The number of likely N-dealkylation sites (tertiary alicyclic amines) is 1. The molecular formula is C14H22N2O. The van der Waals surface area contributed by atoms with Crippen LogP contribution in [0.2, 0.25) is 0 Å². The van der Waals surface area contributed by atoms with Gasteiger partial charge in [-0.3, -0.25) is 10.2 Å². The fourth-order valence-corrected chi connectivity index (χ4v) is 2.40. The number of aliphatic hydroxyl groups is 1. The lowest BCUT2D eigenvalue weighted by molar-refractivity contribution is 0.149. The molecular weight excluding hydrogens is 212 g/mol. The molecule has 0 aliphatic carbocycles. The Bertz CT molecular complexity index is 326. The summed E-state index contributed by atoms with van der Waals surface area (Å²) in [5.74, 6) is 0.674. The molecule has 1 heterocycles. The predicted molar refractivity (Wildman–Crippen MR) is 69.5 cm³/mol. The van der Waals surface area contributed by atoms with Gasteiger partial charge in [-0.25, -0.2) is 0 Å². The molecule has 2 rings (SSSR count). The van der Waals surface area contributed by atoms with E-state index >= 15 is 0 Å². The van der Waals surface area contributed by atoms with E-state index in [9.17, 15) is 5.11 Å². The molecule has 17 heavy (non-hydrogen) atoms. The Morgan fingerprint density at radius 2 is 2.18 bits per heavy atom. The van der Waals surface area contributed by atoms with E-state index in [4.69, 9.17) is 0 Å². The van der Waals surface area contributed by atoms with Gasteiger partial charge in [-0.2, -0.15) is 0 Å². The van der Waals surface area contributed by atoms with E-state index < -0.39 is 6.23 Å². The number of nitrogens with one attached hydrogen (secondary N) is 1. The molecule has 3 heteroatoms. The third kappa shape index (κ3) is 4.11. The van der Waals surface area contributed by atoms with E-state index in [1.54, 1.807) is 6.92 Å². The molecule has 2 unspecified atom stereocenters. The molecule has 1 fully saturated rings. The average Bonchev–Trinajstić information content (AvgIpc) is 2.75. The summed E-state index contributed by atoms with van der Waals surface area (Å²) in [6, 6.07) is 10.6. The molecule has 1 aromatic carbocycles. The number of nitrogens with zero attached hydrogens (tertiary/aromatic N) is 1. The van der Waals surface area contributed by atoms with Crippen molar-refractivity contribution in [2.45, 2.75) is 26.1 Å². The predicted octanol–water partition coefficient (Wildman–Crippen LogP) is 1.44. The highest BCUT2D eigenvalue weighted by atomic mass is 16.3. The van der Waals surface area contributed by atoms with Crippen LogP contribution in [0.25, 0.3) is 0 Å². The van der Waals surface area contributed by atoms with Gasteiger partial charge in [0, 0.05) is 19.6 Å². The molecule has 0 radical (unpaired) electrons. The molecule has 0 spiro atoms. The number of hydrogen-bond donors (Lipinski definition) is 2. The molecule has 1 aliphatic heterocycles. The van der Waals surface area contributed by atoms with Crippen LogP contribution in [-0.4, -0.2) is 35.9 Å². The van der Waals surface area contributed by atoms with Crippen molar-refractivity contribution < 1.29 is 5.11 Å². The molecule has 2 N–H and O–H groups in total. The number of hydrogen-bond acceptors (Lipinski definition) is 3. The highest BCUT2D eigenvalue weighted by Gasteiger charge is 2.22. The Morgan fingerprint density at radius 3 is 2.88 bits per heavy atom. The molecule has 1 aliphatic rings. The molecule has 0 amide bonds. The maximum Gasteiger partial charge on any atom is 0.102 e. The Labute approximate surface area is 103 Å². The minimum atomic E-state index is -0.391. The van der Waals surface area contributed by atoms with E-state index in [1.807, 2.05) is 0 Å². The maximum absolute atomic E-state index is 9.19. The Morgan fingerprint density at radius 1 is 1.41 bits per heavy atom. The largest absolute Gasteiger partial charge is 0.379 e. The van der Waals surface area contributed by atoms with Crippen LogP contribution in [0.4, 0.5) is 0 Å². The molecule has 3 nitrogen and oxygen atoms in total. The van der Waals surface area contributed by atoms with Gasteiger partial charge in [-0.05, 0) is 31.4 Å². The van der Waals surface area contributed by atoms with E-state index in [0.29, 0.717) is 5.92 Å². The van der Waals surface area contributed by atoms with Crippen LogP contribution in [-0.2, 0) is 6.54 Å². The number of benzene rings is 1. The third-order valence-corrected chi connectivity index (χ3v) is 3.32. The van der Waals surface area contributed by atoms with Gasteiger partial charge in [-0.1, -0.05) is 30.3 Å². The van der Waals surface area contributed by atoms with Gasteiger partial charge < -0.3 is 5.11 Å². The first kappa shape index (κ1) is 12.6. The molecule has 2 atom stereocenters. The first-order chi connectivity index (χ1) is 8.24. The normalized spacial score (nSPS) is 22.8. The van der Waals surface area contributed by atoms with Crippen molar-refractivity contribution in [3.8, 4) is 0 Å². The average molecular weight is 234 g/mol. The minimum Gasteiger partial charge on any atom is -0.379 e. The summed E-state index contributed by atoms with van der Waals surface area (Å²) in [4.78, 5) is 2.49. The molecule has 0 saturated carbocycles. The van der Waals surface area contributed by atoms with Gasteiger partial charge in [0.2, 0.25) is 0 Å². The monoisotopic (exact) mass is 234 g/mol. The van der Waals surface area contributed by atoms with Crippen LogP contribution in [0.3, 0.4) is 0 Å². The van der Waals surface area contributed by atoms with Crippen LogP contribution >= 0.6 is 0 Å². The van der Waals surface area contributed by atoms with Crippen molar-refractivity contribution in [3.05, 3.63) is 35.9 Å². The van der Waals surface area contributed by atoms with Gasteiger partial charge in [0.05, 0.1) is 0 Å². The second-order valence-electron chi connectivity index (χ2n) is 4.96. The van der Waals surface area contributed by atoms with Gasteiger partial charge in [0.1, 0.15) is 6.23 Å². The third-order valence-electron chi connectivity index (χ3n) is 3.32. The number of aliphatic hydroxyl groups excluding tert-OH is 1. The van der Waals surface area contributed by atoms with Crippen molar-refractivity contribution in [3.63, 3.8) is 0 Å². The summed E-state index contributed by atoms with van der Waals surface area (Å²) in [6.45, 7) is 6.04. The first-order valence-electron chi connectivity index (χ1n) is 6.42. The lowest BCUT2D eigenvalue weighted by Gasteiger charge is -2.17. The van der Waals surface area contributed by atoms with E-state index in [0.717, 1.165) is 19.6 Å². The van der Waals surface area contributed by atoms with Crippen molar-refractivity contribution in [1.82, 2.24) is 10.2 Å². The SMILES string of the molecule is CC(O)NCC1CCN(Cc2ccccc2)C1. The van der Waals surface area contributed by atoms with Crippen LogP contribution in [0.1, 0.15) is 18.9 Å². The molecule has 0 bridgehead atoms. The fraction of sp³-hybridized carbons (Fsp3) is 0.571. The highest BCUT2D eigenvalue weighted by molar-refractivity contribution is 5.14. The van der Waals surface area contributed by atoms with E-state index in [-0.39, 0.29) is 0 Å². The smallest absolute Gasteiger partial charge is 0.102 e. The fourth-order valence-electron chi connectivity index (χ4n) is 2.40. The first-order valence-corrected chi connectivity index (χ1v) is 6.42. The quantitative estimate of drug-likeness (QED) is 0.757. The van der Waals surface area contributed by atoms with Crippen molar-refractivity contribution in [1.29, 1.82) is 0 Å². The molecule has 1 aromatic rings. The van der Waals surface area contributed by atoms with Gasteiger partial charge >= 0.3 is 0 Å². The van der Waals surface area contributed by atoms with Crippen LogP contribution in [0.5, 0.6) is 0 Å². The summed E-state index contributed by atoms with van der Waals surface area (Å²) >= 11 is 0. The zero-order valence-electron chi connectivity index (χ0n) is 10.5. The van der Waals surface area contributed by atoms with E-state index in [2.05, 4.69) is 40.5 Å². The maximum atomic E-state index is 9.19. The van der Waals surface area contributed by atoms with Gasteiger partial charge in [-0.15, -0.1) is 0 Å². The van der Waals surface area contributed by atoms with E-state index in [1.165, 1.54) is 18.5 Å². The zero-order chi connectivity index (χ0) is 12.1. The van der Waals surface area contributed by atoms with Gasteiger partial charge in [0.15, 0.2) is 0 Å². The van der Waals surface area contributed by atoms with Crippen molar-refractivity contribution in [2.75, 3.05) is 19.6 Å². The summed E-state index contributed by atoms with van der Waals surface area (Å²) in [7, 11) is 0. The lowest BCUT2D eigenvalue weighted by Crippen LogP contribution is -2.32. The summed E-state index contributed by atoms with van der Waals surface area (Å²) in [5.41, 5.74) is 1.39. The molecule has 0 aromatic heterocycles. The van der Waals surface area contributed by atoms with Crippen LogP contribution in [0.15, 0.2) is 30.3 Å². The second kappa shape index (κ2) is 6.15. The Kier molecular flexibility index (Phi) is 4.54. The van der Waals surface area contributed by atoms with Crippen molar-refractivity contribution in [2.24, 2.45) is 5.92 Å². The van der Waals surface area contributed by atoms with Crippen molar-refractivity contribution >= 4 is 0 Å². The Hall–Kier alpha value is -0.900. The minimum absolute atomic E-state index is 0.391. The highest BCUT2D eigenvalue weighted by Crippen LogP contribution is 2.17. The van der Waals surface area contributed by atoms with Crippen LogP contribution < -0.4 is 5.32 Å². The second-order valence-corrected chi connectivity index (χ2v) is 4.96. The standard InChI is InChI=1S/C14H22N2O/c1-12(17)15-9-14-7-8-16(11-14)10-13-5-3-2-4-6-13/h2-6,12,14-15,17H,7-11H2,1H3. The molecule has 94 valence electrons. The summed E-state index contributed by atoms with van der Waals surface area (Å²) in [5, 5.41) is 12.3. The summed E-state index contributed by atoms with van der Waals surface area (Å²) < 4.78 is 0. The topological polar surface area (TPSA) is 35.5 Å². The van der Waals surface area contributed by atoms with Crippen LogP contribution in [0, 0.1) is 5.92 Å². The summed E-state index contributed by atoms with van der Waals surface area (Å²) in [6.07, 6.45) is 0.838.